The fraction of sp³-hybridized carbons (Fsp3) is 0.556. The topological polar surface area (TPSA) is 41.0 Å². The number of nitrogens with one attached hydrogen (secondary N) is 1. The minimum Gasteiger partial charge on any atom is -0.355 e. The predicted molar refractivity (Wildman–Crippen MR) is 99.4 cm³/mol. The van der Waals surface area contributed by atoms with Crippen molar-refractivity contribution in [1.82, 2.24) is 15.3 Å². The largest absolute Gasteiger partial charge is 0.355 e. The van der Waals surface area contributed by atoms with E-state index in [-0.39, 0.29) is 5.54 Å². The lowest BCUT2D eigenvalue weighted by atomic mass is 10.1. The van der Waals surface area contributed by atoms with Crippen molar-refractivity contribution in [3.8, 4) is 0 Å². The average Bonchev–Trinajstić information content (AvgIpc) is 2.95. The van der Waals surface area contributed by atoms with Gasteiger partial charge in [-0.2, -0.15) is 0 Å². The predicted octanol–water partition coefficient (Wildman–Crippen LogP) is 4.28. The van der Waals surface area contributed by atoms with E-state index in [1.807, 2.05) is 32.0 Å². The van der Waals surface area contributed by atoms with Crippen LogP contribution in [0.1, 0.15) is 41.0 Å². The third-order valence-corrected chi connectivity index (χ3v) is 3.85. The number of nitrogens with zero attached hydrogens (tertiary/aromatic N) is 3. The van der Waals surface area contributed by atoms with Gasteiger partial charge in [0.25, 0.3) is 0 Å². The number of hydrogen-bond donors (Lipinski definition) is 1. The smallest absolute Gasteiger partial charge is 0.129 e. The first kappa shape index (κ1) is 18.0. The summed E-state index contributed by atoms with van der Waals surface area (Å²) in [7, 11) is 0. The molecule has 0 aliphatic carbocycles. The van der Waals surface area contributed by atoms with Crippen molar-refractivity contribution >= 4 is 28.5 Å². The van der Waals surface area contributed by atoms with Gasteiger partial charge in [0.15, 0.2) is 0 Å². The van der Waals surface area contributed by atoms with Crippen molar-refractivity contribution in [2.45, 2.75) is 52.6 Å². The Bertz CT molecular complexity index is 651. The Kier molecular flexibility index (Phi) is 5.82. The van der Waals surface area contributed by atoms with Crippen LogP contribution in [-0.4, -0.2) is 34.6 Å². The Labute approximate surface area is 144 Å². The van der Waals surface area contributed by atoms with Crippen LogP contribution in [0.4, 0.5) is 5.82 Å². The molecule has 0 amide bonds. The molecule has 1 aliphatic heterocycles. The maximum atomic E-state index is 5.91. The van der Waals surface area contributed by atoms with E-state index in [0.717, 1.165) is 36.4 Å². The third kappa shape index (κ3) is 4.79. The highest BCUT2D eigenvalue weighted by atomic mass is 35.5. The second-order valence-corrected chi connectivity index (χ2v) is 7.05. The van der Waals surface area contributed by atoms with Crippen LogP contribution < -0.4 is 10.2 Å². The minimum absolute atomic E-state index is 0.151. The number of aromatic nitrogens is 2. The molecule has 0 spiro atoms. The molecule has 0 saturated carbocycles. The Morgan fingerprint density at radius 3 is 2.43 bits per heavy atom. The SMILES string of the molecule is CC.CC(C)(C)NC1CCN(c2ccc3nc(Cl)ccc3n2)C1. The number of fused-ring (bicyclic) bond motifs is 1. The summed E-state index contributed by atoms with van der Waals surface area (Å²) in [4.78, 5) is 11.3. The highest BCUT2D eigenvalue weighted by molar-refractivity contribution is 6.29. The summed E-state index contributed by atoms with van der Waals surface area (Å²) in [6.45, 7) is 12.7. The first-order valence-corrected chi connectivity index (χ1v) is 8.74. The molecule has 2 aromatic rings. The van der Waals surface area contributed by atoms with Crippen molar-refractivity contribution in [3.05, 3.63) is 29.4 Å². The molecule has 1 saturated heterocycles. The summed E-state index contributed by atoms with van der Waals surface area (Å²) in [5.74, 6) is 1.02. The Hall–Kier alpha value is -1.39. The van der Waals surface area contributed by atoms with Gasteiger partial charge in [0.2, 0.25) is 0 Å². The Morgan fingerprint density at radius 2 is 1.74 bits per heavy atom. The van der Waals surface area contributed by atoms with Crippen LogP contribution in [0.25, 0.3) is 11.0 Å². The van der Waals surface area contributed by atoms with Crippen LogP contribution in [0.15, 0.2) is 24.3 Å². The van der Waals surface area contributed by atoms with Crippen molar-refractivity contribution in [2.75, 3.05) is 18.0 Å². The average molecular weight is 335 g/mol. The van der Waals surface area contributed by atoms with Crippen molar-refractivity contribution < 1.29 is 0 Å². The number of halogens is 1. The molecule has 126 valence electrons. The maximum absolute atomic E-state index is 5.91. The van der Waals surface area contributed by atoms with Crippen molar-refractivity contribution in [1.29, 1.82) is 0 Å². The monoisotopic (exact) mass is 334 g/mol. The van der Waals surface area contributed by atoms with Crippen LogP contribution in [-0.2, 0) is 0 Å². The first-order valence-electron chi connectivity index (χ1n) is 8.37. The molecule has 4 nitrogen and oxygen atoms in total. The van der Waals surface area contributed by atoms with E-state index in [1.54, 1.807) is 6.07 Å². The molecule has 1 fully saturated rings. The van der Waals surface area contributed by atoms with Gasteiger partial charge in [-0.15, -0.1) is 0 Å². The molecule has 5 heteroatoms. The lowest BCUT2D eigenvalue weighted by Crippen LogP contribution is -2.44. The molecule has 3 heterocycles. The summed E-state index contributed by atoms with van der Waals surface area (Å²) in [5, 5.41) is 4.17. The number of anilines is 1. The molecular formula is C18H27ClN4. The van der Waals surface area contributed by atoms with Crippen LogP contribution in [0.5, 0.6) is 0 Å². The van der Waals surface area contributed by atoms with Crippen molar-refractivity contribution in [3.63, 3.8) is 0 Å². The number of rotatable bonds is 2. The molecule has 2 aromatic heterocycles. The van der Waals surface area contributed by atoms with Gasteiger partial charge in [-0.25, -0.2) is 9.97 Å². The van der Waals surface area contributed by atoms with Crippen LogP contribution in [0, 0.1) is 0 Å². The zero-order valence-corrected chi connectivity index (χ0v) is 15.5. The van der Waals surface area contributed by atoms with Gasteiger partial charge >= 0.3 is 0 Å². The molecule has 1 atom stereocenters. The van der Waals surface area contributed by atoms with Gasteiger partial charge in [0, 0.05) is 24.7 Å². The third-order valence-electron chi connectivity index (χ3n) is 3.64. The molecule has 0 bridgehead atoms. The number of pyridine rings is 2. The minimum atomic E-state index is 0.151. The lowest BCUT2D eigenvalue weighted by Gasteiger charge is -2.26. The van der Waals surface area contributed by atoms with Crippen LogP contribution in [0.2, 0.25) is 5.15 Å². The highest BCUT2D eigenvalue weighted by Gasteiger charge is 2.26. The van der Waals surface area contributed by atoms with E-state index in [1.165, 1.54) is 0 Å². The van der Waals surface area contributed by atoms with Gasteiger partial charge < -0.3 is 10.2 Å². The van der Waals surface area contributed by atoms with Gasteiger partial charge in [-0.3, -0.25) is 0 Å². The van der Waals surface area contributed by atoms with Gasteiger partial charge in [-0.05, 0) is 51.5 Å². The molecule has 3 rings (SSSR count). The molecular weight excluding hydrogens is 308 g/mol. The van der Waals surface area contributed by atoms with Crippen LogP contribution >= 0.6 is 11.6 Å². The summed E-state index contributed by atoms with van der Waals surface area (Å²) >= 11 is 5.91. The summed E-state index contributed by atoms with van der Waals surface area (Å²) in [6.07, 6.45) is 1.15. The summed E-state index contributed by atoms with van der Waals surface area (Å²) in [5.41, 5.74) is 1.89. The Balaban J connectivity index is 0.000000924. The fourth-order valence-electron chi connectivity index (χ4n) is 2.85. The van der Waals surface area contributed by atoms with E-state index in [4.69, 9.17) is 16.6 Å². The second kappa shape index (κ2) is 7.45. The van der Waals surface area contributed by atoms with Gasteiger partial charge in [-0.1, -0.05) is 25.4 Å². The fourth-order valence-corrected chi connectivity index (χ4v) is 3.00. The van der Waals surface area contributed by atoms with E-state index >= 15 is 0 Å². The zero-order chi connectivity index (χ0) is 17.0. The maximum Gasteiger partial charge on any atom is 0.129 e. The lowest BCUT2D eigenvalue weighted by molar-refractivity contribution is 0.373. The molecule has 0 aromatic carbocycles. The van der Waals surface area contributed by atoms with E-state index in [2.05, 4.69) is 36.0 Å². The first-order chi connectivity index (χ1) is 10.9. The van der Waals surface area contributed by atoms with E-state index in [0.29, 0.717) is 11.2 Å². The molecule has 23 heavy (non-hydrogen) atoms. The molecule has 1 unspecified atom stereocenters. The molecule has 1 N–H and O–H groups in total. The standard InChI is InChI=1S/C16H21ClN4.C2H6/c1-16(2,3)20-11-8-9-21(10-11)15-7-5-12-13(19-15)4-6-14(17)18-12;1-2/h4-7,11,20H,8-10H2,1-3H3;1-2H3. The van der Waals surface area contributed by atoms with Gasteiger partial charge in [0.1, 0.15) is 11.0 Å². The van der Waals surface area contributed by atoms with Crippen LogP contribution in [0.3, 0.4) is 0 Å². The summed E-state index contributed by atoms with van der Waals surface area (Å²) < 4.78 is 0. The quantitative estimate of drug-likeness (QED) is 0.832. The highest BCUT2D eigenvalue weighted by Crippen LogP contribution is 2.22. The number of hydrogen-bond acceptors (Lipinski definition) is 4. The molecule has 0 radical (unpaired) electrons. The normalized spacial score (nSPS) is 18.0. The summed E-state index contributed by atoms with van der Waals surface area (Å²) in [6, 6.07) is 8.26. The van der Waals surface area contributed by atoms with Crippen molar-refractivity contribution in [2.24, 2.45) is 0 Å². The Morgan fingerprint density at radius 1 is 1.09 bits per heavy atom. The van der Waals surface area contributed by atoms with E-state index in [9.17, 15) is 0 Å². The van der Waals surface area contributed by atoms with E-state index < -0.39 is 0 Å². The second-order valence-electron chi connectivity index (χ2n) is 6.67. The van der Waals surface area contributed by atoms with Gasteiger partial charge in [0.05, 0.1) is 11.0 Å². The zero-order valence-electron chi connectivity index (χ0n) is 14.7. The molecule has 1 aliphatic rings.